The van der Waals surface area contributed by atoms with Crippen molar-refractivity contribution in [2.24, 2.45) is 5.92 Å². The van der Waals surface area contributed by atoms with Gasteiger partial charge in [0.05, 0.1) is 0 Å². The van der Waals surface area contributed by atoms with Gasteiger partial charge in [-0.1, -0.05) is 18.2 Å². The largest absolute Gasteiger partial charge is 0.457 e. The summed E-state index contributed by atoms with van der Waals surface area (Å²) in [6.07, 6.45) is 5.95. The number of piperidine rings is 1. The van der Waals surface area contributed by atoms with Crippen LogP contribution in [0.25, 0.3) is 0 Å². The summed E-state index contributed by atoms with van der Waals surface area (Å²) in [7, 11) is 0. The lowest BCUT2D eigenvalue weighted by molar-refractivity contribution is -0.132. The van der Waals surface area contributed by atoms with Crippen LogP contribution in [0.15, 0.2) is 67.3 Å². The summed E-state index contributed by atoms with van der Waals surface area (Å²) in [4.78, 5) is 31.4. The fourth-order valence-corrected chi connectivity index (χ4v) is 3.86. The van der Waals surface area contributed by atoms with Crippen LogP contribution in [0, 0.1) is 5.92 Å². The molecule has 160 valence electrons. The van der Waals surface area contributed by atoms with Gasteiger partial charge >= 0.3 is 0 Å². The highest BCUT2D eigenvalue weighted by atomic mass is 16.5. The Labute approximate surface area is 181 Å². The first-order valence-corrected chi connectivity index (χ1v) is 10.7. The molecule has 1 aliphatic rings. The van der Waals surface area contributed by atoms with Crippen LogP contribution in [-0.2, 0) is 11.3 Å². The van der Waals surface area contributed by atoms with E-state index in [9.17, 15) is 9.59 Å². The molecule has 1 aromatic heterocycles. The number of Topliss-reactive ketones (excluding diaryl/α,β-unsaturated/α-hetero) is 1. The number of hydrogen-bond acceptors (Lipinski definition) is 5. The van der Waals surface area contributed by atoms with Gasteiger partial charge in [-0.25, -0.2) is 4.98 Å². The zero-order valence-corrected chi connectivity index (χ0v) is 17.4. The van der Waals surface area contributed by atoms with E-state index in [4.69, 9.17) is 4.74 Å². The molecular formula is C24H26N4O3. The molecule has 0 bridgehead atoms. The minimum absolute atomic E-state index is 0.0892. The Bertz CT molecular complexity index is 987. The number of ether oxygens (including phenoxy) is 1. The summed E-state index contributed by atoms with van der Waals surface area (Å²) in [5.41, 5.74) is 0.658. The standard InChI is InChI=1S/C24H26N4O3/c29-23(9-5-15-28-18-25-17-26-28)27-14-4-6-20(16-27)24(30)19-10-12-22(13-11-19)31-21-7-2-1-3-8-21/h1-3,7-8,10-13,17-18,20H,4-6,9,14-16H2. The predicted octanol–water partition coefficient (Wildman–Crippen LogP) is 3.97. The fraction of sp³-hybridized carbons (Fsp3) is 0.333. The molecule has 4 rings (SSSR count). The lowest BCUT2D eigenvalue weighted by Crippen LogP contribution is -2.42. The monoisotopic (exact) mass is 418 g/mol. The molecule has 0 saturated carbocycles. The second kappa shape index (κ2) is 10.0. The van der Waals surface area contributed by atoms with E-state index in [1.165, 1.54) is 6.33 Å². The second-order valence-electron chi connectivity index (χ2n) is 7.74. The highest BCUT2D eigenvalue weighted by molar-refractivity contribution is 5.98. The molecule has 2 heterocycles. The van der Waals surface area contributed by atoms with E-state index in [2.05, 4.69) is 10.1 Å². The van der Waals surface area contributed by atoms with E-state index in [0.29, 0.717) is 37.2 Å². The zero-order valence-electron chi connectivity index (χ0n) is 17.4. The number of nitrogens with zero attached hydrogens (tertiary/aromatic N) is 4. The first-order chi connectivity index (χ1) is 15.2. The van der Waals surface area contributed by atoms with Crippen LogP contribution < -0.4 is 4.74 Å². The SMILES string of the molecule is O=C(c1ccc(Oc2ccccc2)cc1)C1CCCN(C(=O)CCCn2cncn2)C1. The highest BCUT2D eigenvalue weighted by Gasteiger charge is 2.28. The van der Waals surface area contributed by atoms with Crippen LogP contribution in [0.1, 0.15) is 36.0 Å². The normalized spacial score (nSPS) is 16.1. The number of benzene rings is 2. The number of aromatic nitrogens is 3. The minimum Gasteiger partial charge on any atom is -0.457 e. The van der Waals surface area contributed by atoms with Crippen LogP contribution in [-0.4, -0.2) is 44.4 Å². The predicted molar refractivity (Wildman–Crippen MR) is 116 cm³/mol. The third kappa shape index (κ3) is 5.57. The number of rotatable bonds is 8. The molecular weight excluding hydrogens is 392 g/mol. The maximum Gasteiger partial charge on any atom is 0.222 e. The summed E-state index contributed by atoms with van der Waals surface area (Å²) in [6.45, 7) is 1.87. The molecule has 0 N–H and O–H groups in total. The number of aryl methyl sites for hydroxylation is 1. The molecule has 1 unspecified atom stereocenters. The van der Waals surface area contributed by atoms with Crippen molar-refractivity contribution in [1.29, 1.82) is 0 Å². The van der Waals surface area contributed by atoms with Crippen molar-refractivity contribution in [1.82, 2.24) is 19.7 Å². The maximum absolute atomic E-state index is 13.0. The Hall–Kier alpha value is -3.48. The number of carbonyl (C=O) groups excluding carboxylic acids is 2. The van der Waals surface area contributed by atoms with Gasteiger partial charge in [0.2, 0.25) is 5.91 Å². The van der Waals surface area contributed by atoms with E-state index >= 15 is 0 Å². The zero-order chi connectivity index (χ0) is 21.5. The second-order valence-corrected chi connectivity index (χ2v) is 7.74. The van der Waals surface area contributed by atoms with Gasteiger partial charge in [0.15, 0.2) is 5.78 Å². The van der Waals surface area contributed by atoms with E-state index in [1.807, 2.05) is 47.4 Å². The van der Waals surface area contributed by atoms with Crippen LogP contribution in [0.2, 0.25) is 0 Å². The minimum atomic E-state index is -0.158. The highest BCUT2D eigenvalue weighted by Crippen LogP contribution is 2.25. The first kappa shape index (κ1) is 20.8. The van der Waals surface area contributed by atoms with Crippen LogP contribution >= 0.6 is 0 Å². The molecule has 3 aromatic rings. The fourth-order valence-electron chi connectivity index (χ4n) is 3.86. The molecule has 1 aliphatic heterocycles. The number of para-hydroxylation sites is 1. The topological polar surface area (TPSA) is 77.3 Å². The van der Waals surface area contributed by atoms with Crippen molar-refractivity contribution in [2.45, 2.75) is 32.2 Å². The summed E-state index contributed by atoms with van der Waals surface area (Å²) in [6, 6.07) is 16.8. The Morgan fingerprint density at radius 2 is 1.81 bits per heavy atom. The first-order valence-electron chi connectivity index (χ1n) is 10.7. The summed E-state index contributed by atoms with van der Waals surface area (Å²) < 4.78 is 7.52. The Morgan fingerprint density at radius 1 is 1.03 bits per heavy atom. The van der Waals surface area contributed by atoms with Crippen molar-refractivity contribution in [2.75, 3.05) is 13.1 Å². The van der Waals surface area contributed by atoms with Crippen molar-refractivity contribution < 1.29 is 14.3 Å². The van der Waals surface area contributed by atoms with Gasteiger partial charge in [-0.2, -0.15) is 5.10 Å². The Kier molecular flexibility index (Phi) is 6.72. The van der Waals surface area contributed by atoms with Crippen molar-refractivity contribution in [3.8, 4) is 11.5 Å². The molecule has 0 radical (unpaired) electrons. The summed E-state index contributed by atoms with van der Waals surface area (Å²) >= 11 is 0. The van der Waals surface area contributed by atoms with Gasteiger partial charge < -0.3 is 9.64 Å². The molecule has 7 nitrogen and oxygen atoms in total. The van der Waals surface area contributed by atoms with E-state index in [-0.39, 0.29) is 17.6 Å². The third-order valence-electron chi connectivity index (χ3n) is 5.51. The molecule has 31 heavy (non-hydrogen) atoms. The van der Waals surface area contributed by atoms with Crippen LogP contribution in [0.5, 0.6) is 11.5 Å². The number of carbonyl (C=O) groups is 2. The molecule has 1 fully saturated rings. The van der Waals surface area contributed by atoms with Crippen LogP contribution in [0.3, 0.4) is 0 Å². The number of ketones is 1. The number of hydrogen-bond donors (Lipinski definition) is 0. The average molecular weight is 418 g/mol. The van der Waals surface area contributed by atoms with Gasteiger partial charge in [-0.3, -0.25) is 14.3 Å². The number of amides is 1. The molecule has 1 saturated heterocycles. The van der Waals surface area contributed by atoms with E-state index in [0.717, 1.165) is 25.1 Å². The van der Waals surface area contributed by atoms with Gasteiger partial charge in [-0.15, -0.1) is 0 Å². The molecule has 0 spiro atoms. The lowest BCUT2D eigenvalue weighted by Gasteiger charge is -2.32. The maximum atomic E-state index is 13.0. The Balaban J connectivity index is 1.30. The van der Waals surface area contributed by atoms with Gasteiger partial charge in [-0.05, 0) is 55.7 Å². The van der Waals surface area contributed by atoms with Crippen LogP contribution in [0.4, 0.5) is 0 Å². The summed E-state index contributed by atoms with van der Waals surface area (Å²) in [5, 5.41) is 4.05. The Morgan fingerprint density at radius 3 is 2.55 bits per heavy atom. The molecule has 2 aromatic carbocycles. The lowest BCUT2D eigenvalue weighted by atomic mass is 9.90. The van der Waals surface area contributed by atoms with Gasteiger partial charge in [0.25, 0.3) is 0 Å². The van der Waals surface area contributed by atoms with Crippen molar-refractivity contribution in [3.05, 3.63) is 72.8 Å². The molecule has 0 aliphatic carbocycles. The quantitative estimate of drug-likeness (QED) is 0.517. The summed E-state index contributed by atoms with van der Waals surface area (Å²) in [5.74, 6) is 1.48. The van der Waals surface area contributed by atoms with Crippen molar-refractivity contribution in [3.63, 3.8) is 0 Å². The molecule has 7 heteroatoms. The smallest absolute Gasteiger partial charge is 0.222 e. The van der Waals surface area contributed by atoms with Gasteiger partial charge in [0.1, 0.15) is 24.2 Å². The van der Waals surface area contributed by atoms with Gasteiger partial charge in [0, 0.05) is 37.5 Å². The molecule has 1 amide bonds. The average Bonchev–Trinajstić information content (AvgIpc) is 3.33. The number of likely N-dealkylation sites (tertiary alicyclic amines) is 1. The van der Waals surface area contributed by atoms with E-state index in [1.54, 1.807) is 23.1 Å². The molecule has 1 atom stereocenters. The van der Waals surface area contributed by atoms with Crippen molar-refractivity contribution >= 4 is 11.7 Å². The van der Waals surface area contributed by atoms with E-state index < -0.39 is 0 Å². The third-order valence-corrected chi connectivity index (χ3v) is 5.51.